The molecule has 13 nitrogen and oxygen atoms in total. The van der Waals surface area contributed by atoms with Gasteiger partial charge in [-0.3, -0.25) is 23.9 Å². The topological polar surface area (TPSA) is 182 Å². The lowest BCUT2D eigenvalue weighted by Crippen LogP contribution is -2.29. The molecule has 7 atom stereocenters. The van der Waals surface area contributed by atoms with Crippen LogP contribution in [0, 0.1) is 11.8 Å². The summed E-state index contributed by atoms with van der Waals surface area (Å²) in [5.74, 6) is -0.564. The van der Waals surface area contributed by atoms with E-state index in [9.17, 15) is 24.3 Å². The van der Waals surface area contributed by atoms with Gasteiger partial charge in [-0.2, -0.15) is 0 Å². The van der Waals surface area contributed by atoms with E-state index in [0.717, 1.165) is 57.8 Å². The second-order valence-electron chi connectivity index (χ2n) is 15.8. The largest absolute Gasteiger partial charge is 0.472 e. The third-order valence-electron chi connectivity index (χ3n) is 10.8. The highest BCUT2D eigenvalue weighted by molar-refractivity contribution is 7.47. The predicted octanol–water partition coefficient (Wildman–Crippen LogP) is 10.2. The zero-order valence-electron chi connectivity index (χ0n) is 35.3. The number of ether oxygens (including phenoxy) is 2. The number of hydrogen-bond acceptors (Lipinski definition) is 12. The third-order valence-corrected chi connectivity index (χ3v) is 11.8. The lowest BCUT2D eigenvalue weighted by molar-refractivity contribution is -0.336. The standard InChI is InChI=1S/C43H78NO12P/c1-3-5-7-8-9-10-11-12-13-14-15-16-17-18-23-27-42(45)50-34-37(35-52-57(48,49)51-32-31-44)53-43(46)28-24-20-19-22-26-38-39(41-33-40(38)55-56-41)30-29-36(54-47)25-21-6-4-2/h19,22,29-30,36-41,47H,3-18,20-21,23-28,31-35,44H2,1-2H3,(H,48,49)/b22-19-,30-29+. The van der Waals surface area contributed by atoms with Crippen LogP contribution in [0.1, 0.15) is 174 Å². The Bertz CT molecular complexity index is 1140. The number of hydrogen-bond donors (Lipinski definition) is 3. The van der Waals surface area contributed by atoms with E-state index in [0.29, 0.717) is 19.3 Å². The number of phosphoric acid groups is 1. The minimum atomic E-state index is -4.43. The van der Waals surface area contributed by atoms with E-state index in [-0.39, 0.29) is 62.7 Å². The van der Waals surface area contributed by atoms with Crippen LogP contribution in [0.2, 0.25) is 0 Å². The summed E-state index contributed by atoms with van der Waals surface area (Å²) in [6, 6.07) is 0. The highest BCUT2D eigenvalue weighted by atomic mass is 31.2. The molecular weight excluding hydrogens is 753 g/mol. The van der Waals surface area contributed by atoms with E-state index in [2.05, 4.69) is 30.9 Å². The lowest BCUT2D eigenvalue weighted by atomic mass is 9.89. The van der Waals surface area contributed by atoms with Gasteiger partial charge in [0.05, 0.1) is 19.3 Å². The molecule has 2 fully saturated rings. The minimum Gasteiger partial charge on any atom is -0.462 e. The van der Waals surface area contributed by atoms with E-state index in [4.69, 9.17) is 34.0 Å². The molecule has 0 radical (unpaired) electrons. The molecular formula is C43H78NO12P. The number of rotatable bonds is 38. The zero-order chi connectivity index (χ0) is 41.4. The van der Waals surface area contributed by atoms with Crippen molar-refractivity contribution in [2.24, 2.45) is 17.6 Å². The quantitative estimate of drug-likeness (QED) is 0.0134. The molecule has 1 aliphatic heterocycles. The monoisotopic (exact) mass is 832 g/mol. The number of fused-ring (bicyclic) bond motifs is 2. The predicted molar refractivity (Wildman–Crippen MR) is 221 cm³/mol. The summed E-state index contributed by atoms with van der Waals surface area (Å²) in [5, 5.41) is 9.33. The van der Waals surface area contributed by atoms with Gasteiger partial charge < -0.3 is 20.1 Å². The van der Waals surface area contributed by atoms with E-state index in [1.807, 2.05) is 12.2 Å². The summed E-state index contributed by atoms with van der Waals surface area (Å²) in [5.41, 5.74) is 5.36. The molecule has 4 N–H and O–H groups in total. The molecule has 1 saturated carbocycles. The molecule has 1 saturated heterocycles. The van der Waals surface area contributed by atoms with Crippen LogP contribution in [-0.2, 0) is 47.3 Å². The molecule has 2 aliphatic rings. The molecule has 0 aromatic rings. The maximum Gasteiger partial charge on any atom is 0.472 e. The number of phosphoric ester groups is 1. The molecule has 1 aliphatic carbocycles. The van der Waals surface area contributed by atoms with E-state index < -0.39 is 32.5 Å². The zero-order valence-corrected chi connectivity index (χ0v) is 36.2. The highest BCUT2D eigenvalue weighted by Crippen LogP contribution is 2.45. The Morgan fingerprint density at radius 2 is 1.37 bits per heavy atom. The fraction of sp³-hybridized carbons (Fsp3) is 0.860. The molecule has 14 heteroatoms. The van der Waals surface area contributed by atoms with Gasteiger partial charge in [0.15, 0.2) is 6.10 Å². The summed E-state index contributed by atoms with van der Waals surface area (Å²) in [6.07, 6.45) is 32.3. The molecule has 57 heavy (non-hydrogen) atoms. The summed E-state index contributed by atoms with van der Waals surface area (Å²) in [6.45, 7) is 3.46. The first-order valence-corrected chi connectivity index (χ1v) is 23.8. The normalized spacial score (nSPS) is 21.4. The Morgan fingerprint density at radius 1 is 0.772 bits per heavy atom. The van der Waals surface area contributed by atoms with Gasteiger partial charge in [-0.1, -0.05) is 147 Å². The van der Waals surface area contributed by atoms with Gasteiger partial charge >= 0.3 is 19.8 Å². The van der Waals surface area contributed by atoms with Gasteiger partial charge in [-0.15, -0.1) is 0 Å². The maximum absolute atomic E-state index is 12.7. The number of allylic oxidation sites excluding steroid dienone is 2. The van der Waals surface area contributed by atoms with Gasteiger partial charge in [0.1, 0.15) is 18.8 Å². The molecule has 332 valence electrons. The van der Waals surface area contributed by atoms with Crippen LogP contribution in [0.5, 0.6) is 0 Å². The molecule has 0 amide bonds. The summed E-state index contributed by atoms with van der Waals surface area (Å²) >= 11 is 0. The van der Waals surface area contributed by atoms with Crippen LogP contribution in [0.15, 0.2) is 24.3 Å². The Kier molecular flexibility index (Phi) is 29.9. The van der Waals surface area contributed by atoms with E-state index >= 15 is 0 Å². The van der Waals surface area contributed by atoms with Crippen LogP contribution in [0.3, 0.4) is 0 Å². The molecule has 2 rings (SSSR count). The van der Waals surface area contributed by atoms with Crippen molar-refractivity contribution >= 4 is 19.8 Å². The Balaban J connectivity index is 1.68. The molecule has 0 aromatic heterocycles. The first kappa shape index (κ1) is 51.5. The van der Waals surface area contributed by atoms with Crippen LogP contribution >= 0.6 is 7.82 Å². The van der Waals surface area contributed by atoms with Crippen molar-refractivity contribution in [3.63, 3.8) is 0 Å². The van der Waals surface area contributed by atoms with Crippen LogP contribution < -0.4 is 5.73 Å². The van der Waals surface area contributed by atoms with E-state index in [1.165, 1.54) is 70.6 Å². The van der Waals surface area contributed by atoms with Crippen LogP contribution in [0.4, 0.5) is 0 Å². The van der Waals surface area contributed by atoms with Crippen LogP contribution in [-0.4, -0.2) is 72.9 Å². The van der Waals surface area contributed by atoms with Crippen molar-refractivity contribution in [1.29, 1.82) is 0 Å². The average Bonchev–Trinajstić information content (AvgIpc) is 3.81. The first-order chi connectivity index (χ1) is 27.7. The van der Waals surface area contributed by atoms with Crippen LogP contribution in [0.25, 0.3) is 0 Å². The second-order valence-corrected chi connectivity index (χ2v) is 17.2. The molecule has 0 aromatic carbocycles. The fourth-order valence-corrected chi connectivity index (χ4v) is 8.19. The highest BCUT2D eigenvalue weighted by Gasteiger charge is 2.49. The van der Waals surface area contributed by atoms with Gasteiger partial charge in [0, 0.05) is 37.6 Å². The average molecular weight is 832 g/mol. The van der Waals surface area contributed by atoms with Crippen molar-refractivity contribution in [3.8, 4) is 0 Å². The number of carbonyl (C=O) groups excluding carboxylic acids is 2. The number of carbonyl (C=O) groups is 2. The smallest absolute Gasteiger partial charge is 0.462 e. The Hall–Kier alpha value is -1.67. The van der Waals surface area contributed by atoms with Gasteiger partial charge in [-0.25, -0.2) is 19.2 Å². The molecule has 2 bridgehead atoms. The van der Waals surface area contributed by atoms with Crippen molar-refractivity contribution in [2.45, 2.75) is 199 Å². The second kappa shape index (κ2) is 33.1. The van der Waals surface area contributed by atoms with Crippen molar-refractivity contribution in [1.82, 2.24) is 0 Å². The molecule has 0 spiro atoms. The third kappa shape index (κ3) is 24.9. The summed E-state index contributed by atoms with van der Waals surface area (Å²) < 4.78 is 32.9. The van der Waals surface area contributed by atoms with Gasteiger partial charge in [0.25, 0.3) is 0 Å². The molecule has 1 heterocycles. The Morgan fingerprint density at radius 3 is 2.00 bits per heavy atom. The Labute approximate surface area is 343 Å². The molecule has 7 unspecified atom stereocenters. The first-order valence-electron chi connectivity index (χ1n) is 22.4. The maximum atomic E-state index is 12.7. The van der Waals surface area contributed by atoms with Crippen molar-refractivity contribution in [2.75, 3.05) is 26.4 Å². The minimum absolute atomic E-state index is 0.00473. The van der Waals surface area contributed by atoms with Crippen molar-refractivity contribution in [3.05, 3.63) is 24.3 Å². The number of unbranched alkanes of at least 4 members (excludes halogenated alkanes) is 17. The lowest BCUT2D eigenvalue weighted by Gasteiger charge is -2.27. The van der Waals surface area contributed by atoms with Gasteiger partial charge in [0.2, 0.25) is 0 Å². The summed E-state index contributed by atoms with van der Waals surface area (Å²) in [4.78, 5) is 50.8. The van der Waals surface area contributed by atoms with Gasteiger partial charge in [-0.05, 0) is 32.1 Å². The fourth-order valence-electron chi connectivity index (χ4n) is 7.43. The van der Waals surface area contributed by atoms with E-state index in [1.54, 1.807) is 0 Å². The SMILES string of the molecule is CCCCCCCCCCCCCCCCCC(=O)OCC(COP(=O)(O)OCCN)OC(=O)CCC/C=C\CC1C2CC(OO2)C1/C=C/C(CCCCC)OO. The number of nitrogens with two attached hydrogens (primary N) is 1. The summed E-state index contributed by atoms with van der Waals surface area (Å²) in [7, 11) is -4.43. The van der Waals surface area contributed by atoms with Crippen molar-refractivity contribution < 1.29 is 57.5 Å². The number of esters is 2.